The lowest BCUT2D eigenvalue weighted by atomic mass is 9.97. The molecule has 0 aliphatic carbocycles. The van der Waals surface area contributed by atoms with Gasteiger partial charge in [0.1, 0.15) is 0 Å². The minimum atomic E-state index is -0.225. The molecule has 0 bridgehead atoms. The smallest absolute Gasteiger partial charge is 0.261 e. The van der Waals surface area contributed by atoms with Gasteiger partial charge in [0.15, 0.2) is 0 Å². The highest BCUT2D eigenvalue weighted by atomic mass is 16.2. The minimum absolute atomic E-state index is 0.223. The number of nitrogens with zero attached hydrogens (tertiary/aromatic N) is 1. The quantitative estimate of drug-likeness (QED) is 0.722. The Bertz CT molecular complexity index is 676. The Morgan fingerprint density at radius 1 is 0.947 bits per heavy atom. The van der Waals surface area contributed by atoms with Crippen LogP contribution in [0.4, 0.5) is 0 Å². The minimum Gasteiger partial charge on any atom is -0.275 e. The second-order valence-electron chi connectivity index (χ2n) is 4.61. The van der Waals surface area contributed by atoms with Gasteiger partial charge < -0.3 is 0 Å². The lowest BCUT2D eigenvalue weighted by Crippen LogP contribution is -2.33. The van der Waals surface area contributed by atoms with E-state index in [4.69, 9.17) is 0 Å². The van der Waals surface area contributed by atoms with E-state index in [0.717, 1.165) is 16.7 Å². The van der Waals surface area contributed by atoms with Crippen LogP contribution in [-0.2, 0) is 11.3 Å². The summed E-state index contributed by atoms with van der Waals surface area (Å²) in [6.07, 6.45) is 0. The molecular weight excluding hydrogens is 238 g/mol. The molecule has 0 aromatic heterocycles. The van der Waals surface area contributed by atoms with Crippen LogP contribution >= 0.6 is 0 Å². The molecule has 19 heavy (non-hydrogen) atoms. The van der Waals surface area contributed by atoms with Crippen molar-refractivity contribution in [3.8, 4) is 11.1 Å². The maximum Gasteiger partial charge on any atom is 0.261 e. The van der Waals surface area contributed by atoms with Gasteiger partial charge in [-0.15, -0.1) is 0 Å². The molecule has 1 aliphatic rings. The third-order valence-electron chi connectivity index (χ3n) is 3.42. The van der Waals surface area contributed by atoms with Crippen molar-refractivity contribution in [1.29, 1.82) is 0 Å². The Morgan fingerprint density at radius 2 is 1.53 bits per heavy atom. The first-order valence-electron chi connectivity index (χ1n) is 6.18. The van der Waals surface area contributed by atoms with E-state index < -0.39 is 0 Å². The molecule has 0 spiro atoms. The molecule has 0 saturated carbocycles. The van der Waals surface area contributed by atoms with Gasteiger partial charge >= 0.3 is 0 Å². The highest BCUT2D eigenvalue weighted by molar-refractivity contribution is 6.09. The van der Waals surface area contributed by atoms with Crippen LogP contribution in [0.25, 0.3) is 11.1 Å². The van der Waals surface area contributed by atoms with E-state index in [1.165, 1.54) is 11.8 Å². The van der Waals surface area contributed by atoms with Crippen molar-refractivity contribution in [1.82, 2.24) is 4.90 Å². The van der Waals surface area contributed by atoms with Crippen LogP contribution in [0.2, 0.25) is 0 Å². The molecule has 2 amide bonds. The Balaban J connectivity index is 2.30. The monoisotopic (exact) mass is 251 g/mol. The summed E-state index contributed by atoms with van der Waals surface area (Å²) in [4.78, 5) is 25.4. The highest BCUT2D eigenvalue weighted by Crippen LogP contribution is 2.32. The van der Waals surface area contributed by atoms with Gasteiger partial charge in [0, 0.05) is 12.5 Å². The number of hydrogen-bond donors (Lipinski definition) is 0. The van der Waals surface area contributed by atoms with Gasteiger partial charge in [0.25, 0.3) is 5.91 Å². The van der Waals surface area contributed by atoms with Crippen LogP contribution in [0.15, 0.2) is 48.5 Å². The highest BCUT2D eigenvalue weighted by Gasteiger charge is 2.27. The molecule has 3 nitrogen and oxygen atoms in total. The Labute approximate surface area is 111 Å². The summed E-state index contributed by atoms with van der Waals surface area (Å²) >= 11 is 0. The average Bonchev–Trinajstić information content (AvgIpc) is 2.56. The zero-order chi connectivity index (χ0) is 13.4. The predicted molar refractivity (Wildman–Crippen MR) is 72.4 cm³/mol. The van der Waals surface area contributed by atoms with Gasteiger partial charge in [-0.1, -0.05) is 42.5 Å². The van der Waals surface area contributed by atoms with Crippen LogP contribution in [0.3, 0.4) is 0 Å². The molecule has 0 fully saturated rings. The largest absolute Gasteiger partial charge is 0.275 e. The van der Waals surface area contributed by atoms with Crippen molar-refractivity contribution in [2.45, 2.75) is 13.5 Å². The molecule has 1 aliphatic heterocycles. The SMILES string of the molecule is CC(=O)N1Cc2ccccc2-c2ccccc2C1=O. The van der Waals surface area contributed by atoms with Crippen LogP contribution < -0.4 is 0 Å². The predicted octanol–water partition coefficient (Wildman–Crippen LogP) is 2.86. The number of carbonyl (C=O) groups excluding carboxylic acids is 2. The second kappa shape index (κ2) is 4.35. The van der Waals surface area contributed by atoms with Gasteiger partial charge in [-0.3, -0.25) is 14.5 Å². The molecule has 0 radical (unpaired) electrons. The van der Waals surface area contributed by atoms with Gasteiger partial charge in [0.05, 0.1) is 6.54 Å². The van der Waals surface area contributed by atoms with Gasteiger partial charge in [-0.05, 0) is 22.8 Å². The normalized spacial score (nSPS) is 13.5. The first kappa shape index (κ1) is 11.7. The zero-order valence-corrected chi connectivity index (χ0v) is 10.6. The number of hydrogen-bond acceptors (Lipinski definition) is 2. The summed E-state index contributed by atoms with van der Waals surface area (Å²) < 4.78 is 0. The van der Waals surface area contributed by atoms with Gasteiger partial charge in [-0.25, -0.2) is 0 Å². The average molecular weight is 251 g/mol. The first-order valence-corrected chi connectivity index (χ1v) is 6.18. The van der Waals surface area contributed by atoms with Crippen molar-refractivity contribution >= 4 is 11.8 Å². The van der Waals surface area contributed by atoms with Crippen molar-refractivity contribution in [2.24, 2.45) is 0 Å². The number of fused-ring (bicyclic) bond motifs is 3. The van der Waals surface area contributed by atoms with E-state index in [2.05, 4.69) is 0 Å². The third-order valence-corrected chi connectivity index (χ3v) is 3.42. The fraction of sp³-hybridized carbons (Fsp3) is 0.125. The number of benzene rings is 2. The molecule has 1 heterocycles. The number of imide groups is 1. The Kier molecular flexibility index (Phi) is 2.67. The van der Waals surface area contributed by atoms with Crippen molar-refractivity contribution in [3.63, 3.8) is 0 Å². The fourth-order valence-electron chi connectivity index (χ4n) is 2.47. The molecule has 2 aromatic carbocycles. The third kappa shape index (κ3) is 1.83. The number of amides is 2. The van der Waals surface area contributed by atoms with Crippen molar-refractivity contribution in [3.05, 3.63) is 59.7 Å². The summed E-state index contributed by atoms with van der Waals surface area (Å²) in [5.74, 6) is -0.448. The standard InChI is InChI=1S/C16H13NO2/c1-11(18)17-10-12-6-2-3-7-13(12)14-8-4-5-9-15(14)16(17)19/h2-9H,10H2,1H3. The van der Waals surface area contributed by atoms with E-state index in [1.54, 1.807) is 6.07 Å². The molecule has 3 heteroatoms. The summed E-state index contributed by atoms with van der Waals surface area (Å²) in [5, 5.41) is 0. The Hall–Kier alpha value is -2.42. The maximum atomic E-state index is 12.5. The summed E-state index contributed by atoms with van der Waals surface area (Å²) in [7, 11) is 0. The van der Waals surface area contributed by atoms with Crippen LogP contribution in [0, 0.1) is 0 Å². The fourth-order valence-corrected chi connectivity index (χ4v) is 2.47. The lowest BCUT2D eigenvalue weighted by molar-refractivity contribution is -0.126. The van der Waals surface area contributed by atoms with E-state index >= 15 is 0 Å². The van der Waals surface area contributed by atoms with E-state index in [1.807, 2.05) is 42.5 Å². The van der Waals surface area contributed by atoms with Crippen molar-refractivity contribution < 1.29 is 9.59 Å². The number of rotatable bonds is 0. The first-order chi connectivity index (χ1) is 9.18. The lowest BCUT2D eigenvalue weighted by Gasteiger charge is -2.17. The number of carbonyl (C=O) groups is 2. The van der Waals surface area contributed by atoms with E-state index in [9.17, 15) is 9.59 Å². The molecule has 3 rings (SSSR count). The topological polar surface area (TPSA) is 37.4 Å². The maximum absolute atomic E-state index is 12.5. The zero-order valence-electron chi connectivity index (χ0n) is 10.6. The molecular formula is C16H13NO2. The Morgan fingerprint density at radius 3 is 2.21 bits per heavy atom. The van der Waals surface area contributed by atoms with Crippen LogP contribution in [0.1, 0.15) is 22.8 Å². The van der Waals surface area contributed by atoms with Crippen LogP contribution in [0.5, 0.6) is 0 Å². The van der Waals surface area contributed by atoms with Crippen molar-refractivity contribution in [2.75, 3.05) is 0 Å². The molecule has 2 aromatic rings. The summed E-state index contributed by atoms with van der Waals surface area (Å²) in [6, 6.07) is 15.3. The molecule has 0 atom stereocenters. The van der Waals surface area contributed by atoms with Gasteiger partial charge in [-0.2, -0.15) is 0 Å². The molecule has 94 valence electrons. The van der Waals surface area contributed by atoms with E-state index in [0.29, 0.717) is 12.1 Å². The summed E-state index contributed by atoms with van der Waals surface area (Å²) in [6.45, 7) is 1.76. The molecule has 0 unspecified atom stereocenters. The molecule has 0 saturated heterocycles. The van der Waals surface area contributed by atoms with E-state index in [-0.39, 0.29) is 11.8 Å². The second-order valence-corrected chi connectivity index (χ2v) is 4.61. The van der Waals surface area contributed by atoms with Gasteiger partial charge in [0.2, 0.25) is 5.91 Å². The summed E-state index contributed by atoms with van der Waals surface area (Å²) in [5.41, 5.74) is 3.50. The molecule has 0 N–H and O–H groups in total. The van der Waals surface area contributed by atoms with Crippen LogP contribution in [-0.4, -0.2) is 16.7 Å².